The lowest BCUT2D eigenvalue weighted by atomic mass is 10.1. The smallest absolute Gasteiger partial charge is 0.251 e. The highest BCUT2D eigenvalue weighted by atomic mass is 16.5. The molecule has 0 atom stereocenters. The molecule has 0 spiro atoms. The fourth-order valence-corrected chi connectivity index (χ4v) is 4.62. The molecule has 5 N–H and O–H groups in total. The number of ketones is 1. The minimum Gasteiger partial charge on any atom is -0.508 e. The molecule has 0 aliphatic carbocycles. The molecule has 1 aromatic heterocycles. The van der Waals surface area contributed by atoms with Crippen LogP contribution in [0.25, 0.3) is 0 Å². The zero-order valence-electron chi connectivity index (χ0n) is 27.0. The number of hydrogen-bond acceptors (Lipinski definition) is 11. The van der Waals surface area contributed by atoms with Gasteiger partial charge in [0.15, 0.2) is 5.78 Å². The molecule has 0 radical (unpaired) electrons. The number of benzene rings is 4. The molecule has 12 heteroatoms. The first kappa shape index (κ1) is 34.5. The van der Waals surface area contributed by atoms with Crippen LogP contribution in [0.2, 0.25) is 0 Å². The molecule has 0 aliphatic heterocycles. The Morgan fingerprint density at radius 2 is 1.18 bits per heavy atom. The Labute approximate surface area is 285 Å². The number of aromatic hydroxyl groups is 1. The van der Waals surface area contributed by atoms with Gasteiger partial charge in [-0.1, -0.05) is 60.7 Å². The fraction of sp³-hybridized carbons (Fsp3) is 0.216. The molecule has 1 heterocycles. The molecule has 12 nitrogen and oxygen atoms in total. The second-order valence-electron chi connectivity index (χ2n) is 10.9. The fourth-order valence-electron chi connectivity index (χ4n) is 4.62. The molecule has 1 amide bonds. The highest BCUT2D eigenvalue weighted by molar-refractivity contribution is 5.96. The molecule has 0 bridgehead atoms. The predicted molar refractivity (Wildman–Crippen MR) is 189 cm³/mol. The Morgan fingerprint density at radius 1 is 0.612 bits per heavy atom. The van der Waals surface area contributed by atoms with Crippen molar-refractivity contribution in [3.8, 4) is 5.75 Å². The van der Waals surface area contributed by atoms with E-state index in [-0.39, 0.29) is 29.3 Å². The van der Waals surface area contributed by atoms with Crippen LogP contribution in [0.3, 0.4) is 0 Å². The number of carbonyl (C=O) groups excluding carboxylic acids is 2. The average Bonchev–Trinajstić information content (AvgIpc) is 3.13. The first-order valence-corrected chi connectivity index (χ1v) is 16.0. The van der Waals surface area contributed by atoms with Crippen LogP contribution in [0, 0.1) is 0 Å². The lowest BCUT2D eigenvalue weighted by Crippen LogP contribution is -2.22. The number of phenols is 1. The van der Waals surface area contributed by atoms with Gasteiger partial charge in [0.2, 0.25) is 17.8 Å². The summed E-state index contributed by atoms with van der Waals surface area (Å²) in [6.07, 6.45) is 1.10. The third-order valence-electron chi connectivity index (χ3n) is 7.15. The zero-order chi connectivity index (χ0) is 34.1. The molecule has 0 fully saturated rings. The number of amides is 1. The van der Waals surface area contributed by atoms with E-state index >= 15 is 0 Å². The van der Waals surface area contributed by atoms with Crippen molar-refractivity contribution in [1.29, 1.82) is 0 Å². The molecular formula is C37H39N7O5. The number of aromatic nitrogens is 3. The van der Waals surface area contributed by atoms with Crippen LogP contribution < -0.4 is 21.3 Å². The van der Waals surface area contributed by atoms with Crippen LogP contribution in [0.1, 0.15) is 39.1 Å². The monoisotopic (exact) mass is 661 g/mol. The second-order valence-corrected chi connectivity index (χ2v) is 10.9. The summed E-state index contributed by atoms with van der Waals surface area (Å²) < 4.78 is 11.3. The van der Waals surface area contributed by atoms with Crippen molar-refractivity contribution < 1.29 is 24.2 Å². The topological polar surface area (TPSA) is 160 Å². The summed E-state index contributed by atoms with van der Waals surface area (Å²) >= 11 is 0. The van der Waals surface area contributed by atoms with Crippen molar-refractivity contribution in [2.75, 3.05) is 48.9 Å². The van der Waals surface area contributed by atoms with Gasteiger partial charge in [0.1, 0.15) is 5.75 Å². The Kier molecular flexibility index (Phi) is 13.0. The number of anilines is 5. The van der Waals surface area contributed by atoms with Gasteiger partial charge in [-0.25, -0.2) is 0 Å². The van der Waals surface area contributed by atoms with Gasteiger partial charge in [0, 0.05) is 48.6 Å². The first-order valence-electron chi connectivity index (χ1n) is 16.0. The van der Waals surface area contributed by atoms with Gasteiger partial charge in [-0.05, 0) is 60.5 Å². The normalized spacial score (nSPS) is 10.7. The first-order chi connectivity index (χ1) is 24.0. The SMILES string of the molecule is O=C(CCCOCCOCCNc1nc(Nc2ccc(O)cc2)nc(Nc2ccc(C(=O)NCc3ccccc3)cc2)n1)c1ccccc1. The van der Waals surface area contributed by atoms with Gasteiger partial charge >= 0.3 is 0 Å². The summed E-state index contributed by atoms with van der Waals surface area (Å²) in [6, 6.07) is 32.5. The highest BCUT2D eigenvalue weighted by Crippen LogP contribution is 2.21. The van der Waals surface area contributed by atoms with Crippen LogP contribution in [-0.4, -0.2) is 64.7 Å². The van der Waals surface area contributed by atoms with Crippen molar-refractivity contribution in [2.24, 2.45) is 0 Å². The maximum atomic E-state index is 12.6. The van der Waals surface area contributed by atoms with Crippen LogP contribution in [0.4, 0.5) is 29.2 Å². The van der Waals surface area contributed by atoms with E-state index in [0.29, 0.717) is 75.2 Å². The number of ether oxygens (including phenoxy) is 2. The Bertz CT molecular complexity index is 1760. The van der Waals surface area contributed by atoms with E-state index < -0.39 is 0 Å². The zero-order valence-corrected chi connectivity index (χ0v) is 27.0. The van der Waals surface area contributed by atoms with E-state index in [9.17, 15) is 14.7 Å². The Hall–Kier alpha value is -5.85. The maximum absolute atomic E-state index is 12.6. The quantitative estimate of drug-likeness (QED) is 0.0395. The lowest BCUT2D eigenvalue weighted by molar-refractivity contribution is 0.0497. The van der Waals surface area contributed by atoms with Crippen molar-refractivity contribution in [3.63, 3.8) is 0 Å². The number of phenolic OH excluding ortho intramolecular Hbond substituents is 1. The molecule has 4 aromatic carbocycles. The van der Waals surface area contributed by atoms with Crippen molar-refractivity contribution in [1.82, 2.24) is 20.3 Å². The van der Waals surface area contributed by atoms with Gasteiger partial charge in [-0.15, -0.1) is 0 Å². The average molecular weight is 662 g/mol. The van der Waals surface area contributed by atoms with Gasteiger partial charge < -0.3 is 35.8 Å². The molecule has 0 aliphatic rings. The summed E-state index contributed by atoms with van der Waals surface area (Å²) in [7, 11) is 0. The molecule has 0 unspecified atom stereocenters. The van der Waals surface area contributed by atoms with E-state index in [1.807, 2.05) is 60.7 Å². The lowest BCUT2D eigenvalue weighted by Gasteiger charge is -2.12. The number of carbonyl (C=O) groups is 2. The third-order valence-corrected chi connectivity index (χ3v) is 7.15. The summed E-state index contributed by atoms with van der Waals surface area (Å²) in [5.74, 6) is 0.960. The minimum atomic E-state index is -0.174. The number of nitrogens with zero attached hydrogens (tertiary/aromatic N) is 3. The predicted octanol–water partition coefficient (Wildman–Crippen LogP) is 6.10. The standard InChI is InChI=1S/C37H39N7O5/c45-32-19-17-31(18-20-32)41-37-43-35(38-21-23-49-25-24-48-22-7-12-33(46)28-10-5-2-6-11-28)42-36(44-37)40-30-15-13-29(14-16-30)34(47)39-26-27-8-3-1-4-9-27/h1-6,8-11,13-20,45H,7,12,21-26H2,(H,39,47)(H3,38,40,41,42,43,44). The minimum absolute atomic E-state index is 0.113. The molecule has 0 saturated heterocycles. The van der Waals surface area contributed by atoms with E-state index in [2.05, 4.69) is 36.2 Å². The summed E-state index contributed by atoms with van der Waals surface area (Å²) in [6.45, 7) is 2.58. The largest absolute Gasteiger partial charge is 0.508 e. The molecular weight excluding hydrogens is 622 g/mol. The molecule has 49 heavy (non-hydrogen) atoms. The Morgan fingerprint density at radius 3 is 1.84 bits per heavy atom. The number of nitrogens with one attached hydrogen (secondary N) is 4. The number of rotatable bonds is 19. The second kappa shape index (κ2) is 18.5. The third kappa shape index (κ3) is 11.7. The van der Waals surface area contributed by atoms with Gasteiger partial charge in [-0.2, -0.15) is 15.0 Å². The van der Waals surface area contributed by atoms with Gasteiger partial charge in [-0.3, -0.25) is 9.59 Å². The van der Waals surface area contributed by atoms with E-state index in [1.165, 1.54) is 0 Å². The molecule has 5 rings (SSSR count). The molecule has 5 aromatic rings. The molecule has 252 valence electrons. The van der Waals surface area contributed by atoms with Crippen molar-refractivity contribution in [3.05, 3.63) is 126 Å². The summed E-state index contributed by atoms with van der Waals surface area (Å²) in [5.41, 5.74) is 3.63. The van der Waals surface area contributed by atoms with E-state index in [0.717, 1.165) is 11.1 Å². The molecule has 0 saturated carbocycles. The number of hydrogen-bond donors (Lipinski definition) is 5. The van der Waals surface area contributed by atoms with E-state index in [1.54, 1.807) is 48.5 Å². The van der Waals surface area contributed by atoms with Gasteiger partial charge in [0.05, 0.1) is 19.8 Å². The number of Topliss-reactive ketones (excluding diaryl/α,β-unsaturated/α-hetero) is 1. The highest BCUT2D eigenvalue weighted by Gasteiger charge is 2.10. The van der Waals surface area contributed by atoms with Crippen molar-refractivity contribution in [2.45, 2.75) is 19.4 Å². The Balaban J connectivity index is 1.09. The summed E-state index contributed by atoms with van der Waals surface area (Å²) in [4.78, 5) is 38.3. The van der Waals surface area contributed by atoms with Crippen LogP contribution >= 0.6 is 0 Å². The van der Waals surface area contributed by atoms with Crippen LogP contribution in [0.15, 0.2) is 109 Å². The summed E-state index contributed by atoms with van der Waals surface area (Å²) in [5, 5.41) is 22.0. The van der Waals surface area contributed by atoms with E-state index in [4.69, 9.17) is 9.47 Å². The maximum Gasteiger partial charge on any atom is 0.251 e. The van der Waals surface area contributed by atoms with Crippen LogP contribution in [0.5, 0.6) is 5.75 Å². The van der Waals surface area contributed by atoms with Crippen molar-refractivity contribution >= 4 is 40.9 Å². The van der Waals surface area contributed by atoms with Crippen LogP contribution in [-0.2, 0) is 16.0 Å². The van der Waals surface area contributed by atoms with Gasteiger partial charge in [0.25, 0.3) is 5.91 Å².